The van der Waals surface area contributed by atoms with Crippen molar-refractivity contribution in [1.29, 1.82) is 0 Å². The van der Waals surface area contributed by atoms with Crippen molar-refractivity contribution in [3.8, 4) is 0 Å². The smallest absolute Gasteiger partial charge is 0.00683 e. The van der Waals surface area contributed by atoms with E-state index in [2.05, 4.69) is 33.0 Å². The Morgan fingerprint density at radius 1 is 1.17 bits per heavy atom. The van der Waals surface area contributed by atoms with Crippen LogP contribution >= 0.6 is 0 Å². The molecule has 2 aliphatic rings. The average Bonchev–Trinajstić information content (AvgIpc) is 3.11. The highest BCUT2D eigenvalue weighted by Gasteiger charge is 2.35. The first kappa shape index (κ1) is 14.4. The Kier molecular flexibility index (Phi) is 4.75. The summed E-state index contributed by atoms with van der Waals surface area (Å²) in [5.74, 6) is 2.83. The number of nitrogens with one attached hydrogen (secondary N) is 1. The van der Waals surface area contributed by atoms with E-state index in [0.717, 1.165) is 23.8 Å². The standard InChI is InChI=1S/C17H33N/c1-5-13(2)10-15-11-17(3,4)9-8-14(15)12-18-16-6-7-16/h13-16,18H,5-12H2,1-4H3. The summed E-state index contributed by atoms with van der Waals surface area (Å²) >= 11 is 0. The van der Waals surface area contributed by atoms with Crippen LogP contribution in [0.25, 0.3) is 0 Å². The molecular weight excluding hydrogens is 218 g/mol. The van der Waals surface area contributed by atoms with Gasteiger partial charge < -0.3 is 5.32 Å². The Balaban J connectivity index is 1.87. The molecule has 2 aliphatic carbocycles. The van der Waals surface area contributed by atoms with Gasteiger partial charge in [0.15, 0.2) is 0 Å². The van der Waals surface area contributed by atoms with Crippen LogP contribution in [0.2, 0.25) is 0 Å². The van der Waals surface area contributed by atoms with Crippen LogP contribution in [-0.4, -0.2) is 12.6 Å². The molecule has 0 radical (unpaired) electrons. The van der Waals surface area contributed by atoms with Gasteiger partial charge in [-0.15, -0.1) is 0 Å². The van der Waals surface area contributed by atoms with E-state index in [1.165, 1.54) is 51.5 Å². The van der Waals surface area contributed by atoms with Gasteiger partial charge in [-0.1, -0.05) is 34.1 Å². The third-order valence-corrected chi connectivity index (χ3v) is 5.32. The zero-order valence-electron chi connectivity index (χ0n) is 13.0. The quantitative estimate of drug-likeness (QED) is 0.726. The second-order valence-electron chi connectivity index (χ2n) is 7.86. The van der Waals surface area contributed by atoms with Crippen LogP contribution in [0.1, 0.15) is 72.6 Å². The minimum Gasteiger partial charge on any atom is -0.314 e. The lowest BCUT2D eigenvalue weighted by molar-refractivity contribution is 0.0980. The van der Waals surface area contributed by atoms with E-state index in [4.69, 9.17) is 0 Å². The molecule has 1 nitrogen and oxygen atoms in total. The maximum Gasteiger partial charge on any atom is 0.00683 e. The summed E-state index contributed by atoms with van der Waals surface area (Å²) in [6.45, 7) is 11.0. The number of rotatable bonds is 6. The lowest BCUT2D eigenvalue weighted by atomic mass is 9.65. The maximum absolute atomic E-state index is 3.77. The van der Waals surface area contributed by atoms with Crippen LogP contribution in [0.3, 0.4) is 0 Å². The highest BCUT2D eigenvalue weighted by molar-refractivity contribution is 4.89. The minimum absolute atomic E-state index is 0.591. The Morgan fingerprint density at radius 2 is 1.89 bits per heavy atom. The molecule has 106 valence electrons. The lowest BCUT2D eigenvalue weighted by Gasteiger charge is -2.42. The molecule has 0 aliphatic heterocycles. The van der Waals surface area contributed by atoms with Gasteiger partial charge in [-0.25, -0.2) is 0 Å². The van der Waals surface area contributed by atoms with Gasteiger partial charge in [-0.2, -0.15) is 0 Å². The van der Waals surface area contributed by atoms with Crippen molar-refractivity contribution in [2.45, 2.75) is 78.7 Å². The second kappa shape index (κ2) is 5.94. The lowest BCUT2D eigenvalue weighted by Crippen LogP contribution is -2.37. The molecule has 0 bridgehead atoms. The van der Waals surface area contributed by atoms with Crippen LogP contribution in [0, 0.1) is 23.2 Å². The van der Waals surface area contributed by atoms with Crippen molar-refractivity contribution in [3.63, 3.8) is 0 Å². The minimum atomic E-state index is 0.591. The SMILES string of the molecule is CCC(C)CC1CC(C)(C)CCC1CNC1CC1. The molecule has 1 N–H and O–H groups in total. The molecule has 0 heterocycles. The van der Waals surface area contributed by atoms with Crippen LogP contribution in [0.5, 0.6) is 0 Å². The molecule has 2 fully saturated rings. The molecule has 3 unspecified atom stereocenters. The first-order chi connectivity index (χ1) is 8.50. The van der Waals surface area contributed by atoms with Gasteiger partial charge in [-0.05, 0) is 68.2 Å². The Labute approximate surface area is 114 Å². The molecular formula is C17H33N. The van der Waals surface area contributed by atoms with Crippen LogP contribution in [0.15, 0.2) is 0 Å². The molecule has 2 saturated carbocycles. The van der Waals surface area contributed by atoms with Gasteiger partial charge in [0.05, 0.1) is 0 Å². The fourth-order valence-electron chi connectivity index (χ4n) is 3.62. The molecule has 2 rings (SSSR count). The summed E-state index contributed by atoms with van der Waals surface area (Å²) in [4.78, 5) is 0. The van der Waals surface area contributed by atoms with Gasteiger partial charge >= 0.3 is 0 Å². The zero-order valence-corrected chi connectivity index (χ0v) is 13.0. The summed E-state index contributed by atoms with van der Waals surface area (Å²) in [5, 5.41) is 3.77. The summed E-state index contributed by atoms with van der Waals surface area (Å²) in [6.07, 6.45) is 9.99. The van der Waals surface area contributed by atoms with Crippen molar-refractivity contribution >= 4 is 0 Å². The van der Waals surface area contributed by atoms with E-state index in [9.17, 15) is 0 Å². The number of hydrogen-bond donors (Lipinski definition) is 1. The third-order valence-electron chi connectivity index (χ3n) is 5.32. The Morgan fingerprint density at radius 3 is 2.50 bits per heavy atom. The molecule has 3 atom stereocenters. The predicted octanol–water partition coefficient (Wildman–Crippen LogP) is 4.62. The van der Waals surface area contributed by atoms with Crippen LogP contribution in [0.4, 0.5) is 0 Å². The van der Waals surface area contributed by atoms with Gasteiger partial charge in [0, 0.05) is 6.04 Å². The van der Waals surface area contributed by atoms with Crippen LogP contribution in [-0.2, 0) is 0 Å². The van der Waals surface area contributed by atoms with Gasteiger partial charge in [0.2, 0.25) is 0 Å². The fraction of sp³-hybridized carbons (Fsp3) is 1.00. The molecule has 0 saturated heterocycles. The first-order valence-electron chi connectivity index (χ1n) is 8.23. The van der Waals surface area contributed by atoms with E-state index in [1.54, 1.807) is 0 Å². The van der Waals surface area contributed by atoms with E-state index in [1.807, 2.05) is 0 Å². The monoisotopic (exact) mass is 251 g/mol. The Hall–Kier alpha value is -0.0400. The molecule has 0 spiro atoms. The highest BCUT2D eigenvalue weighted by Crippen LogP contribution is 2.44. The van der Waals surface area contributed by atoms with Crippen molar-refractivity contribution in [1.82, 2.24) is 5.32 Å². The molecule has 1 heteroatoms. The highest BCUT2D eigenvalue weighted by atomic mass is 14.9. The second-order valence-corrected chi connectivity index (χ2v) is 7.86. The zero-order chi connectivity index (χ0) is 13.2. The van der Waals surface area contributed by atoms with Gasteiger partial charge in [-0.3, -0.25) is 0 Å². The van der Waals surface area contributed by atoms with E-state index in [-0.39, 0.29) is 0 Å². The predicted molar refractivity (Wildman–Crippen MR) is 79.7 cm³/mol. The van der Waals surface area contributed by atoms with Crippen molar-refractivity contribution in [2.75, 3.05) is 6.54 Å². The molecule has 0 aromatic carbocycles. The number of hydrogen-bond acceptors (Lipinski definition) is 1. The van der Waals surface area contributed by atoms with E-state index >= 15 is 0 Å². The first-order valence-corrected chi connectivity index (χ1v) is 8.23. The van der Waals surface area contributed by atoms with Gasteiger partial charge in [0.25, 0.3) is 0 Å². The molecule has 0 amide bonds. The van der Waals surface area contributed by atoms with Crippen molar-refractivity contribution in [2.24, 2.45) is 23.2 Å². The summed E-state index contributed by atoms with van der Waals surface area (Å²) in [7, 11) is 0. The van der Waals surface area contributed by atoms with Crippen molar-refractivity contribution < 1.29 is 0 Å². The molecule has 0 aromatic heterocycles. The van der Waals surface area contributed by atoms with E-state index in [0.29, 0.717) is 5.41 Å². The van der Waals surface area contributed by atoms with Crippen molar-refractivity contribution in [3.05, 3.63) is 0 Å². The molecule has 0 aromatic rings. The topological polar surface area (TPSA) is 12.0 Å². The third kappa shape index (κ3) is 4.26. The largest absolute Gasteiger partial charge is 0.314 e. The normalized spacial score (nSPS) is 33.3. The average molecular weight is 251 g/mol. The Bertz CT molecular complexity index is 252. The summed E-state index contributed by atoms with van der Waals surface area (Å²) < 4.78 is 0. The van der Waals surface area contributed by atoms with Crippen LogP contribution < -0.4 is 5.32 Å². The van der Waals surface area contributed by atoms with E-state index < -0.39 is 0 Å². The molecule has 18 heavy (non-hydrogen) atoms. The maximum atomic E-state index is 3.77. The fourth-order valence-corrected chi connectivity index (χ4v) is 3.62. The summed E-state index contributed by atoms with van der Waals surface area (Å²) in [6, 6.07) is 0.879. The van der Waals surface area contributed by atoms with Gasteiger partial charge in [0.1, 0.15) is 0 Å². The summed E-state index contributed by atoms with van der Waals surface area (Å²) in [5.41, 5.74) is 0.591.